The first-order chi connectivity index (χ1) is 9.61. The number of amides is 1. The van der Waals surface area contributed by atoms with Gasteiger partial charge in [-0.05, 0) is 18.6 Å². The Bertz CT molecular complexity index is 591. The van der Waals surface area contributed by atoms with Gasteiger partial charge in [-0.25, -0.2) is 9.78 Å². The molecule has 2 rings (SSSR count). The zero-order valence-electron chi connectivity index (χ0n) is 10.8. The zero-order chi connectivity index (χ0) is 14.5. The topological polar surface area (TPSA) is 92.4 Å². The first-order valence-electron chi connectivity index (χ1n) is 6.15. The molecule has 0 bridgehead atoms. The Kier molecular flexibility index (Phi) is 4.52. The summed E-state index contributed by atoms with van der Waals surface area (Å²) in [6, 6.07) is 2.59. The molecule has 0 aliphatic heterocycles. The van der Waals surface area contributed by atoms with Gasteiger partial charge in [0.2, 0.25) is 0 Å². The third-order valence-electron chi connectivity index (χ3n) is 2.65. The number of carboxylic acids is 1. The summed E-state index contributed by atoms with van der Waals surface area (Å²) in [6.07, 6.45) is 2.58. The molecule has 20 heavy (non-hydrogen) atoms. The highest BCUT2D eigenvalue weighted by Crippen LogP contribution is 2.23. The Balaban J connectivity index is 2.08. The molecular weight excluding hydrogens is 280 g/mol. The molecule has 1 amide bonds. The Morgan fingerprint density at radius 2 is 2.35 bits per heavy atom. The van der Waals surface area contributed by atoms with E-state index in [4.69, 9.17) is 9.52 Å². The number of furan rings is 1. The lowest BCUT2D eigenvalue weighted by Crippen LogP contribution is -2.40. The number of hydrogen-bond acceptors (Lipinski definition) is 5. The van der Waals surface area contributed by atoms with Crippen molar-refractivity contribution < 1.29 is 19.1 Å². The largest absolute Gasteiger partial charge is 0.480 e. The summed E-state index contributed by atoms with van der Waals surface area (Å²) in [5.41, 5.74) is 0.198. The highest BCUT2D eigenvalue weighted by molar-refractivity contribution is 7.13. The average Bonchev–Trinajstić information content (AvgIpc) is 3.08. The molecular formula is C13H14N2O4S. The summed E-state index contributed by atoms with van der Waals surface area (Å²) in [6.45, 7) is 1.86. The van der Waals surface area contributed by atoms with Gasteiger partial charge in [0.05, 0.1) is 6.26 Å². The number of carboxylic acid groups (broad SMARTS) is 1. The highest BCUT2D eigenvalue weighted by Gasteiger charge is 2.21. The van der Waals surface area contributed by atoms with E-state index in [2.05, 4.69) is 10.3 Å². The molecule has 7 heteroatoms. The standard InChI is InChI=1S/C13H14N2O4S/c1-2-4-8(13(17)18)14-11(16)9-7-20-12(15-9)10-5-3-6-19-10/h3,5-8H,2,4H2,1H3,(H,14,16)(H,17,18)/t8-/m0/s1. The normalized spacial score (nSPS) is 12.1. The maximum atomic E-state index is 12.0. The molecule has 0 unspecified atom stereocenters. The van der Waals surface area contributed by atoms with Crippen molar-refractivity contribution in [1.82, 2.24) is 10.3 Å². The Morgan fingerprint density at radius 1 is 1.55 bits per heavy atom. The monoisotopic (exact) mass is 294 g/mol. The van der Waals surface area contributed by atoms with Crippen molar-refractivity contribution in [1.29, 1.82) is 0 Å². The lowest BCUT2D eigenvalue weighted by Gasteiger charge is -2.12. The van der Waals surface area contributed by atoms with Crippen molar-refractivity contribution in [3.05, 3.63) is 29.5 Å². The number of nitrogens with one attached hydrogen (secondary N) is 1. The van der Waals surface area contributed by atoms with Crippen molar-refractivity contribution >= 4 is 23.2 Å². The van der Waals surface area contributed by atoms with Gasteiger partial charge in [0.15, 0.2) is 10.8 Å². The SMILES string of the molecule is CCC[C@H](NC(=O)c1csc(-c2ccco2)n1)C(=O)O. The van der Waals surface area contributed by atoms with Crippen LogP contribution in [0.25, 0.3) is 10.8 Å². The fraction of sp³-hybridized carbons (Fsp3) is 0.308. The lowest BCUT2D eigenvalue weighted by molar-refractivity contribution is -0.139. The second-order valence-electron chi connectivity index (χ2n) is 4.17. The van der Waals surface area contributed by atoms with Crippen molar-refractivity contribution in [2.24, 2.45) is 0 Å². The first kappa shape index (κ1) is 14.3. The van der Waals surface area contributed by atoms with Gasteiger partial charge >= 0.3 is 5.97 Å². The molecule has 0 radical (unpaired) electrons. The quantitative estimate of drug-likeness (QED) is 0.853. The van der Waals surface area contributed by atoms with Crippen LogP contribution in [0.4, 0.5) is 0 Å². The molecule has 0 spiro atoms. The fourth-order valence-corrected chi connectivity index (χ4v) is 2.44. The van der Waals surface area contributed by atoms with Crippen LogP contribution in [0, 0.1) is 0 Å². The van der Waals surface area contributed by atoms with E-state index in [0.29, 0.717) is 23.6 Å². The first-order valence-corrected chi connectivity index (χ1v) is 7.03. The van der Waals surface area contributed by atoms with Crippen LogP contribution in [0.15, 0.2) is 28.2 Å². The molecule has 0 saturated heterocycles. The van der Waals surface area contributed by atoms with Gasteiger partial charge in [-0.15, -0.1) is 11.3 Å². The molecule has 6 nitrogen and oxygen atoms in total. The lowest BCUT2D eigenvalue weighted by atomic mass is 10.1. The number of aromatic nitrogens is 1. The minimum atomic E-state index is -1.04. The summed E-state index contributed by atoms with van der Waals surface area (Å²) in [5.74, 6) is -0.945. The minimum Gasteiger partial charge on any atom is -0.480 e. The maximum absolute atomic E-state index is 12.0. The predicted octanol–water partition coefficient (Wildman–Crippen LogP) is 2.39. The molecule has 0 aliphatic rings. The third-order valence-corrected chi connectivity index (χ3v) is 3.51. The summed E-state index contributed by atoms with van der Waals surface area (Å²) in [7, 11) is 0. The third kappa shape index (κ3) is 3.24. The maximum Gasteiger partial charge on any atom is 0.326 e. The summed E-state index contributed by atoms with van der Waals surface area (Å²) in [5, 5.41) is 13.6. The molecule has 0 aromatic carbocycles. The molecule has 2 N–H and O–H groups in total. The van der Waals surface area contributed by atoms with Gasteiger partial charge in [0, 0.05) is 5.38 Å². The molecule has 0 saturated carbocycles. The zero-order valence-corrected chi connectivity index (χ0v) is 11.6. The van der Waals surface area contributed by atoms with Gasteiger partial charge in [-0.1, -0.05) is 13.3 Å². The van der Waals surface area contributed by atoms with E-state index >= 15 is 0 Å². The molecule has 2 heterocycles. The van der Waals surface area contributed by atoms with E-state index in [0.717, 1.165) is 0 Å². The van der Waals surface area contributed by atoms with Gasteiger partial charge in [-0.2, -0.15) is 0 Å². The van der Waals surface area contributed by atoms with Crippen LogP contribution in [-0.4, -0.2) is 28.0 Å². The van der Waals surface area contributed by atoms with Crippen LogP contribution in [-0.2, 0) is 4.79 Å². The van der Waals surface area contributed by atoms with E-state index < -0.39 is 17.9 Å². The summed E-state index contributed by atoms with van der Waals surface area (Å²) in [4.78, 5) is 27.1. The van der Waals surface area contributed by atoms with Crippen molar-refractivity contribution in [2.75, 3.05) is 0 Å². The van der Waals surface area contributed by atoms with E-state index in [-0.39, 0.29) is 5.69 Å². The fourth-order valence-electron chi connectivity index (χ4n) is 1.67. The molecule has 0 aliphatic carbocycles. The van der Waals surface area contributed by atoms with E-state index in [1.54, 1.807) is 17.5 Å². The van der Waals surface area contributed by atoms with Gasteiger partial charge < -0.3 is 14.8 Å². The van der Waals surface area contributed by atoms with Crippen LogP contribution < -0.4 is 5.32 Å². The number of carbonyl (C=O) groups is 2. The molecule has 2 aromatic heterocycles. The van der Waals surface area contributed by atoms with Crippen molar-refractivity contribution in [3.8, 4) is 10.8 Å². The van der Waals surface area contributed by atoms with Crippen molar-refractivity contribution in [2.45, 2.75) is 25.8 Å². The Morgan fingerprint density at radius 3 is 2.95 bits per heavy atom. The minimum absolute atomic E-state index is 0.198. The van der Waals surface area contributed by atoms with E-state index in [9.17, 15) is 9.59 Å². The van der Waals surface area contributed by atoms with Crippen LogP contribution in [0.1, 0.15) is 30.3 Å². The van der Waals surface area contributed by atoms with Gasteiger partial charge in [-0.3, -0.25) is 4.79 Å². The van der Waals surface area contributed by atoms with E-state index in [1.807, 2.05) is 6.92 Å². The Hall–Kier alpha value is -2.15. The second kappa shape index (κ2) is 6.33. The van der Waals surface area contributed by atoms with Crippen LogP contribution >= 0.6 is 11.3 Å². The summed E-state index contributed by atoms with van der Waals surface area (Å²) < 4.78 is 5.19. The number of hydrogen-bond donors (Lipinski definition) is 2. The van der Waals surface area contributed by atoms with Gasteiger partial charge in [0.1, 0.15) is 11.7 Å². The second-order valence-corrected chi connectivity index (χ2v) is 5.03. The predicted molar refractivity (Wildman–Crippen MR) is 73.6 cm³/mol. The molecule has 0 fully saturated rings. The number of thiazole rings is 1. The van der Waals surface area contributed by atoms with Crippen molar-refractivity contribution in [3.63, 3.8) is 0 Å². The molecule has 106 valence electrons. The van der Waals surface area contributed by atoms with Gasteiger partial charge in [0.25, 0.3) is 5.91 Å². The smallest absolute Gasteiger partial charge is 0.326 e. The molecule has 1 atom stereocenters. The number of nitrogens with zero attached hydrogens (tertiary/aromatic N) is 1. The van der Waals surface area contributed by atoms with Crippen LogP contribution in [0.5, 0.6) is 0 Å². The van der Waals surface area contributed by atoms with E-state index in [1.165, 1.54) is 17.6 Å². The highest BCUT2D eigenvalue weighted by atomic mass is 32.1. The average molecular weight is 294 g/mol. The molecule has 2 aromatic rings. The Labute approximate surface area is 119 Å². The number of carbonyl (C=O) groups excluding carboxylic acids is 1. The number of rotatable bonds is 6. The summed E-state index contributed by atoms with van der Waals surface area (Å²) >= 11 is 1.27. The van der Waals surface area contributed by atoms with Crippen LogP contribution in [0.2, 0.25) is 0 Å². The number of aliphatic carboxylic acids is 1. The van der Waals surface area contributed by atoms with Crippen LogP contribution in [0.3, 0.4) is 0 Å².